The number of nitrogens with zero attached hydrogens (tertiary/aromatic N) is 2. The molecule has 19 heavy (non-hydrogen) atoms. The van der Waals surface area contributed by atoms with Crippen molar-refractivity contribution in [2.45, 2.75) is 5.03 Å². The van der Waals surface area contributed by atoms with Crippen LogP contribution in [-0.2, 0) is 10.1 Å². The lowest BCUT2D eigenvalue weighted by Crippen LogP contribution is -1.97. The van der Waals surface area contributed by atoms with Crippen LogP contribution in [0.3, 0.4) is 0 Å². The maximum atomic E-state index is 10.3. The van der Waals surface area contributed by atoms with Gasteiger partial charge in [-0.25, -0.2) is 4.79 Å². The molecule has 0 amide bonds. The van der Waals surface area contributed by atoms with Crippen molar-refractivity contribution in [2.75, 3.05) is 0 Å². The number of nitrogens with one attached hydrogen (secondary N) is 1. The van der Waals surface area contributed by atoms with Gasteiger partial charge in [-0.3, -0.25) is 9.65 Å². The molecule has 10 heteroatoms. The monoisotopic (exact) mass is 287 g/mol. The van der Waals surface area contributed by atoms with Gasteiger partial charge in [0, 0.05) is 0 Å². The van der Waals surface area contributed by atoms with Gasteiger partial charge in [0.15, 0.2) is 0 Å². The minimum Gasteiger partial charge on any atom is -0.507 e. The number of rotatable bonds is 2. The fourth-order valence-electron chi connectivity index (χ4n) is 0.972. The lowest BCUT2D eigenvalue weighted by atomic mass is 10.2. The number of aromatic amines is 1. The van der Waals surface area contributed by atoms with Crippen molar-refractivity contribution in [3.05, 3.63) is 36.0 Å². The summed E-state index contributed by atoms with van der Waals surface area (Å²) < 4.78 is 28.5. The molecule has 0 atom stereocenters. The lowest BCUT2D eigenvalue weighted by Gasteiger charge is -1.95. The predicted molar refractivity (Wildman–Crippen MR) is 61.3 cm³/mol. The van der Waals surface area contributed by atoms with Crippen LogP contribution in [0.25, 0.3) is 0 Å². The van der Waals surface area contributed by atoms with E-state index in [1.807, 2.05) is 0 Å². The van der Waals surface area contributed by atoms with Gasteiger partial charge in [-0.1, -0.05) is 17.3 Å². The van der Waals surface area contributed by atoms with E-state index in [0.717, 1.165) is 6.20 Å². The molecule has 0 radical (unpaired) electrons. The standard InChI is InChI=1S/C7H6O3.C2H3N3O3S/c8-6-4-2-1-3-5(6)7(9)10;6-9(7,8)2-1-3-5-4-2/h1-4,8H,(H,9,10);1H,(H,3,4,5)(H,6,7,8). The molecule has 0 saturated heterocycles. The van der Waals surface area contributed by atoms with Gasteiger partial charge in [-0.05, 0) is 12.1 Å². The van der Waals surface area contributed by atoms with Crippen LogP contribution < -0.4 is 0 Å². The second kappa shape index (κ2) is 5.93. The summed E-state index contributed by atoms with van der Waals surface area (Å²) in [7, 11) is -4.16. The van der Waals surface area contributed by atoms with E-state index in [-0.39, 0.29) is 11.3 Å². The minimum atomic E-state index is -4.16. The molecule has 0 unspecified atom stereocenters. The maximum absolute atomic E-state index is 10.3. The molecule has 1 heterocycles. The number of H-pyrrole nitrogens is 1. The average Bonchev–Trinajstić information content (AvgIpc) is 2.83. The molecule has 0 aliphatic heterocycles. The molecule has 0 spiro atoms. The van der Waals surface area contributed by atoms with E-state index < -0.39 is 21.1 Å². The highest BCUT2D eigenvalue weighted by Crippen LogP contribution is 2.14. The molecular formula is C9H9N3O6S. The number of aromatic hydroxyl groups is 1. The Morgan fingerprint density at radius 3 is 2.21 bits per heavy atom. The summed E-state index contributed by atoms with van der Waals surface area (Å²) in [5.74, 6) is -1.31. The maximum Gasteiger partial charge on any atom is 0.339 e. The largest absolute Gasteiger partial charge is 0.507 e. The predicted octanol–water partition coefficient (Wildman–Crippen LogP) is 0.142. The zero-order valence-corrected chi connectivity index (χ0v) is 10.1. The highest BCUT2D eigenvalue weighted by Gasteiger charge is 2.11. The fraction of sp³-hybridized carbons (Fsp3) is 0. The molecule has 0 aliphatic rings. The van der Waals surface area contributed by atoms with Gasteiger partial charge in [-0.15, -0.1) is 5.10 Å². The first-order chi connectivity index (χ1) is 8.82. The first-order valence-electron chi connectivity index (χ1n) is 4.67. The topological polar surface area (TPSA) is 153 Å². The number of carbonyl (C=O) groups is 1. The molecular weight excluding hydrogens is 278 g/mol. The van der Waals surface area contributed by atoms with Crippen molar-refractivity contribution >= 4 is 16.1 Å². The summed E-state index contributed by atoms with van der Waals surface area (Å²) >= 11 is 0. The number of hydrogen-bond donors (Lipinski definition) is 4. The van der Waals surface area contributed by atoms with Crippen LogP contribution in [0.5, 0.6) is 5.75 Å². The lowest BCUT2D eigenvalue weighted by molar-refractivity contribution is 0.0693. The summed E-state index contributed by atoms with van der Waals surface area (Å²) in [5, 5.41) is 25.1. The number of aromatic carboxylic acids is 1. The number of para-hydroxylation sites is 1. The van der Waals surface area contributed by atoms with Crippen LogP contribution in [0.1, 0.15) is 10.4 Å². The molecule has 0 aliphatic carbocycles. The number of carboxylic acids is 1. The van der Waals surface area contributed by atoms with Crippen molar-refractivity contribution in [1.29, 1.82) is 0 Å². The second-order valence-electron chi connectivity index (χ2n) is 3.11. The second-order valence-corrected chi connectivity index (χ2v) is 4.48. The van der Waals surface area contributed by atoms with Crippen molar-refractivity contribution in [3.8, 4) is 5.75 Å². The van der Waals surface area contributed by atoms with Gasteiger partial charge in [0.05, 0.1) is 6.20 Å². The molecule has 102 valence electrons. The third kappa shape index (κ3) is 4.37. The van der Waals surface area contributed by atoms with E-state index in [2.05, 4.69) is 15.4 Å². The van der Waals surface area contributed by atoms with E-state index in [4.69, 9.17) is 14.8 Å². The van der Waals surface area contributed by atoms with Gasteiger partial charge in [0.25, 0.3) is 0 Å². The van der Waals surface area contributed by atoms with Gasteiger partial charge >= 0.3 is 16.1 Å². The Bertz CT molecular complexity index is 652. The van der Waals surface area contributed by atoms with Crippen molar-refractivity contribution in [2.24, 2.45) is 0 Å². The van der Waals surface area contributed by atoms with E-state index >= 15 is 0 Å². The van der Waals surface area contributed by atoms with E-state index in [9.17, 15) is 13.2 Å². The Morgan fingerprint density at radius 2 is 1.89 bits per heavy atom. The molecule has 2 rings (SSSR count). The Hall–Kier alpha value is -2.46. The minimum absolute atomic E-state index is 0.0671. The SMILES string of the molecule is O=C(O)c1ccccc1O.O=S(=O)(O)c1c[nH]nn1. The molecule has 0 fully saturated rings. The molecule has 4 N–H and O–H groups in total. The highest BCUT2D eigenvalue weighted by atomic mass is 32.2. The normalized spacial score (nSPS) is 10.4. The molecule has 0 bridgehead atoms. The Kier molecular flexibility index (Phi) is 4.56. The van der Waals surface area contributed by atoms with Crippen LogP contribution in [0.2, 0.25) is 0 Å². The first-order valence-corrected chi connectivity index (χ1v) is 6.11. The van der Waals surface area contributed by atoms with Gasteiger partial charge < -0.3 is 10.2 Å². The van der Waals surface area contributed by atoms with Crippen molar-refractivity contribution in [3.63, 3.8) is 0 Å². The molecule has 0 saturated carbocycles. The Labute approximate surface area is 107 Å². The summed E-state index contributed by atoms with van der Waals surface area (Å²) in [6.07, 6.45) is 0.981. The number of carboxylic acid groups (broad SMARTS) is 1. The van der Waals surface area contributed by atoms with Crippen LogP contribution in [0, 0.1) is 0 Å². The van der Waals surface area contributed by atoms with Crippen LogP contribution in [0.4, 0.5) is 0 Å². The number of hydrogen-bond acceptors (Lipinski definition) is 6. The average molecular weight is 287 g/mol. The summed E-state index contributed by atoms with van der Waals surface area (Å²) in [6.45, 7) is 0. The van der Waals surface area contributed by atoms with Crippen LogP contribution in [-0.4, -0.2) is 44.6 Å². The number of aromatic nitrogens is 3. The summed E-state index contributed by atoms with van der Waals surface area (Å²) in [5.41, 5.74) is -0.0671. The summed E-state index contributed by atoms with van der Waals surface area (Å²) in [6, 6.07) is 5.81. The molecule has 1 aromatic heterocycles. The molecule has 2 aromatic rings. The van der Waals surface area contributed by atoms with E-state index in [1.165, 1.54) is 12.1 Å². The van der Waals surface area contributed by atoms with Gasteiger partial charge in [0.2, 0.25) is 5.03 Å². The van der Waals surface area contributed by atoms with Crippen LogP contribution >= 0.6 is 0 Å². The third-order valence-electron chi connectivity index (χ3n) is 1.79. The van der Waals surface area contributed by atoms with E-state index in [0.29, 0.717) is 0 Å². The number of phenols is 1. The summed E-state index contributed by atoms with van der Waals surface area (Å²) in [4.78, 5) is 10.3. The first kappa shape index (κ1) is 14.6. The Morgan fingerprint density at radius 1 is 1.26 bits per heavy atom. The van der Waals surface area contributed by atoms with E-state index in [1.54, 1.807) is 12.1 Å². The smallest absolute Gasteiger partial charge is 0.339 e. The van der Waals surface area contributed by atoms with Crippen molar-refractivity contribution < 1.29 is 28.0 Å². The van der Waals surface area contributed by atoms with Gasteiger partial charge in [0.1, 0.15) is 11.3 Å². The fourth-order valence-corrected chi connectivity index (χ4v) is 1.32. The zero-order valence-electron chi connectivity index (χ0n) is 9.26. The van der Waals surface area contributed by atoms with Crippen LogP contribution in [0.15, 0.2) is 35.5 Å². The van der Waals surface area contributed by atoms with Gasteiger partial charge in [-0.2, -0.15) is 8.42 Å². The molecule has 1 aromatic carbocycles. The number of benzene rings is 1. The molecule has 9 nitrogen and oxygen atoms in total. The highest BCUT2D eigenvalue weighted by molar-refractivity contribution is 7.85. The van der Waals surface area contributed by atoms with Crippen molar-refractivity contribution in [1.82, 2.24) is 15.4 Å². The quantitative estimate of drug-likeness (QED) is 0.569. The third-order valence-corrected chi connectivity index (χ3v) is 2.52. The Balaban J connectivity index is 0.000000191. The zero-order chi connectivity index (χ0) is 14.5.